The van der Waals surface area contributed by atoms with Gasteiger partial charge in [-0.15, -0.1) is 6.42 Å². The molecule has 1 aliphatic rings. The molecule has 106 valence electrons. The van der Waals surface area contributed by atoms with Crippen LogP contribution in [0.2, 0.25) is 0 Å². The average Bonchev–Trinajstić information content (AvgIpc) is 2.51. The van der Waals surface area contributed by atoms with Crippen molar-refractivity contribution < 1.29 is 4.79 Å². The maximum Gasteiger partial charge on any atom is 0.269 e. The Kier molecular flexibility index (Phi) is 4.30. The molecular formula is C17H17N3O. The minimum absolute atomic E-state index is 0.172. The summed E-state index contributed by atoms with van der Waals surface area (Å²) in [7, 11) is 1.89. The van der Waals surface area contributed by atoms with E-state index in [1.165, 1.54) is 0 Å². The lowest BCUT2D eigenvalue weighted by Crippen LogP contribution is -2.48. The molecule has 0 aliphatic carbocycles. The molecule has 0 saturated carbocycles. The number of nitrogens with zero attached hydrogens (tertiary/aromatic N) is 3. The molecule has 1 aromatic rings. The van der Waals surface area contributed by atoms with Crippen molar-refractivity contribution in [3.63, 3.8) is 0 Å². The first-order valence-corrected chi connectivity index (χ1v) is 6.81. The molecule has 1 unspecified atom stereocenters. The molecular weight excluding hydrogens is 262 g/mol. The normalized spacial score (nSPS) is 18.5. The Labute approximate surface area is 125 Å². The molecule has 1 amide bonds. The van der Waals surface area contributed by atoms with E-state index in [1.807, 2.05) is 55.3 Å². The molecule has 0 N–H and O–H groups in total. The summed E-state index contributed by atoms with van der Waals surface area (Å²) in [5, 5.41) is 9.29. The standard InChI is InChI=1S/C17H17N3O/c1-4-11-20-16(13-9-7-6-8-10-13)19(3)15(5-2)14(12-18)17(20)21/h1,6-10,16H,5,11H2,2-3H3. The van der Waals surface area contributed by atoms with Gasteiger partial charge in [-0.1, -0.05) is 43.2 Å². The Bertz CT molecular complexity index is 649. The quantitative estimate of drug-likeness (QED) is 0.797. The monoisotopic (exact) mass is 279 g/mol. The molecule has 1 aliphatic heterocycles. The lowest BCUT2D eigenvalue weighted by molar-refractivity contribution is -0.133. The van der Waals surface area contributed by atoms with Crippen molar-refractivity contribution in [2.45, 2.75) is 19.5 Å². The van der Waals surface area contributed by atoms with Gasteiger partial charge in [0, 0.05) is 12.7 Å². The minimum atomic E-state index is -0.292. The second-order valence-electron chi connectivity index (χ2n) is 4.82. The van der Waals surface area contributed by atoms with Crippen molar-refractivity contribution in [1.29, 1.82) is 5.26 Å². The number of amides is 1. The molecule has 0 aromatic heterocycles. The van der Waals surface area contributed by atoms with Gasteiger partial charge in [-0.05, 0) is 12.0 Å². The lowest BCUT2D eigenvalue weighted by atomic mass is 10.0. The number of carbonyl (C=O) groups is 1. The highest BCUT2D eigenvalue weighted by Gasteiger charge is 2.37. The Morgan fingerprint density at radius 3 is 2.52 bits per heavy atom. The topological polar surface area (TPSA) is 47.3 Å². The first kappa shape index (κ1) is 14.7. The van der Waals surface area contributed by atoms with Crippen molar-refractivity contribution in [3.05, 3.63) is 47.2 Å². The third-order valence-electron chi connectivity index (χ3n) is 3.66. The summed E-state index contributed by atoms with van der Waals surface area (Å²) < 4.78 is 0. The fourth-order valence-electron chi connectivity index (χ4n) is 2.74. The summed E-state index contributed by atoms with van der Waals surface area (Å²) in [6, 6.07) is 11.7. The molecule has 0 fully saturated rings. The molecule has 0 saturated heterocycles. The third kappa shape index (κ3) is 2.49. The summed E-state index contributed by atoms with van der Waals surface area (Å²) in [5.41, 5.74) is 1.92. The number of carbonyl (C=O) groups excluding carboxylic acids is 1. The van der Waals surface area contributed by atoms with E-state index in [2.05, 4.69) is 5.92 Å². The van der Waals surface area contributed by atoms with Crippen LogP contribution in [0.15, 0.2) is 41.6 Å². The highest BCUT2D eigenvalue weighted by Crippen LogP contribution is 2.34. The van der Waals surface area contributed by atoms with Crippen LogP contribution in [0, 0.1) is 23.7 Å². The molecule has 2 rings (SSSR count). The maximum absolute atomic E-state index is 12.6. The number of benzene rings is 1. The molecule has 0 bridgehead atoms. The van der Waals surface area contributed by atoms with Crippen molar-refractivity contribution in [2.24, 2.45) is 0 Å². The van der Waals surface area contributed by atoms with Gasteiger partial charge in [0.05, 0.1) is 6.54 Å². The summed E-state index contributed by atoms with van der Waals surface area (Å²) >= 11 is 0. The van der Waals surface area contributed by atoms with Crippen LogP contribution >= 0.6 is 0 Å². The van der Waals surface area contributed by atoms with E-state index >= 15 is 0 Å². The Morgan fingerprint density at radius 1 is 1.33 bits per heavy atom. The van der Waals surface area contributed by atoms with Crippen molar-refractivity contribution in [2.75, 3.05) is 13.6 Å². The number of hydrogen-bond donors (Lipinski definition) is 0. The zero-order chi connectivity index (χ0) is 15.4. The number of hydrogen-bond acceptors (Lipinski definition) is 3. The summed E-state index contributed by atoms with van der Waals surface area (Å²) in [4.78, 5) is 16.1. The van der Waals surface area contributed by atoms with Gasteiger partial charge in [0.2, 0.25) is 0 Å². The van der Waals surface area contributed by atoms with Crippen LogP contribution in [0.4, 0.5) is 0 Å². The van der Waals surface area contributed by atoms with Crippen LogP contribution < -0.4 is 0 Å². The molecule has 1 aromatic carbocycles. The van der Waals surface area contributed by atoms with E-state index in [0.717, 1.165) is 11.3 Å². The van der Waals surface area contributed by atoms with Gasteiger partial charge in [0.1, 0.15) is 17.8 Å². The molecule has 1 heterocycles. The molecule has 0 radical (unpaired) electrons. The lowest BCUT2D eigenvalue weighted by Gasteiger charge is -2.43. The predicted octanol–water partition coefficient (Wildman–Crippen LogP) is 2.28. The summed E-state index contributed by atoms with van der Waals surface area (Å²) in [6.45, 7) is 2.11. The molecule has 4 nitrogen and oxygen atoms in total. The van der Waals surface area contributed by atoms with Crippen LogP contribution in [0.25, 0.3) is 0 Å². The second-order valence-corrected chi connectivity index (χ2v) is 4.82. The van der Waals surface area contributed by atoms with E-state index in [1.54, 1.807) is 4.90 Å². The van der Waals surface area contributed by atoms with E-state index < -0.39 is 0 Å². The van der Waals surface area contributed by atoms with Crippen molar-refractivity contribution >= 4 is 5.91 Å². The van der Waals surface area contributed by atoms with Gasteiger partial charge in [-0.25, -0.2) is 0 Å². The van der Waals surface area contributed by atoms with Crippen molar-refractivity contribution in [1.82, 2.24) is 9.80 Å². The van der Waals surface area contributed by atoms with E-state index in [0.29, 0.717) is 6.42 Å². The minimum Gasteiger partial charge on any atom is -0.353 e. The SMILES string of the molecule is C#CCN1C(=O)C(C#N)=C(CC)N(C)C1c1ccccc1. The van der Waals surface area contributed by atoms with Gasteiger partial charge in [0.25, 0.3) is 5.91 Å². The zero-order valence-corrected chi connectivity index (χ0v) is 12.2. The first-order valence-electron chi connectivity index (χ1n) is 6.81. The van der Waals surface area contributed by atoms with Gasteiger partial charge < -0.3 is 9.80 Å². The number of nitriles is 1. The fraction of sp³-hybridized carbons (Fsp3) is 0.294. The van der Waals surface area contributed by atoms with Crippen LogP contribution in [0.3, 0.4) is 0 Å². The molecule has 4 heteroatoms. The third-order valence-corrected chi connectivity index (χ3v) is 3.66. The predicted molar refractivity (Wildman–Crippen MR) is 80.4 cm³/mol. The first-order chi connectivity index (χ1) is 10.2. The number of terminal acetylenes is 1. The van der Waals surface area contributed by atoms with E-state index in [-0.39, 0.29) is 24.2 Å². The van der Waals surface area contributed by atoms with E-state index in [9.17, 15) is 10.1 Å². The second kappa shape index (κ2) is 6.15. The van der Waals surface area contributed by atoms with Gasteiger partial charge >= 0.3 is 0 Å². The maximum atomic E-state index is 12.6. The molecule has 21 heavy (non-hydrogen) atoms. The highest BCUT2D eigenvalue weighted by molar-refractivity contribution is 5.99. The number of allylic oxidation sites excluding steroid dienone is 1. The summed E-state index contributed by atoms with van der Waals surface area (Å²) in [5.74, 6) is 2.22. The Hall–Kier alpha value is -2.72. The Balaban J connectivity index is 2.58. The van der Waals surface area contributed by atoms with Crippen LogP contribution in [-0.4, -0.2) is 29.3 Å². The fourth-order valence-corrected chi connectivity index (χ4v) is 2.74. The van der Waals surface area contributed by atoms with E-state index in [4.69, 9.17) is 6.42 Å². The van der Waals surface area contributed by atoms with Crippen LogP contribution in [0.5, 0.6) is 0 Å². The van der Waals surface area contributed by atoms with Crippen molar-refractivity contribution in [3.8, 4) is 18.4 Å². The zero-order valence-electron chi connectivity index (χ0n) is 12.2. The Morgan fingerprint density at radius 2 is 2.00 bits per heavy atom. The highest BCUT2D eigenvalue weighted by atomic mass is 16.2. The molecule has 0 spiro atoms. The summed E-state index contributed by atoms with van der Waals surface area (Å²) in [6.07, 6.45) is 5.75. The average molecular weight is 279 g/mol. The number of rotatable bonds is 3. The molecule has 1 atom stereocenters. The van der Waals surface area contributed by atoms with Crippen LogP contribution in [-0.2, 0) is 4.79 Å². The van der Waals surface area contributed by atoms with Gasteiger partial charge in [-0.3, -0.25) is 4.79 Å². The largest absolute Gasteiger partial charge is 0.353 e. The van der Waals surface area contributed by atoms with Gasteiger partial charge in [-0.2, -0.15) is 5.26 Å². The smallest absolute Gasteiger partial charge is 0.269 e. The van der Waals surface area contributed by atoms with Crippen LogP contribution in [0.1, 0.15) is 25.1 Å². The van der Waals surface area contributed by atoms with Gasteiger partial charge in [0.15, 0.2) is 0 Å².